The Morgan fingerprint density at radius 3 is 2.80 bits per heavy atom. The normalized spacial score (nSPS) is 10.0. The van der Waals surface area contributed by atoms with Crippen LogP contribution in [-0.2, 0) is 16.0 Å². The number of rotatable bonds is 5. The van der Waals surface area contributed by atoms with Gasteiger partial charge in [-0.3, -0.25) is 4.79 Å². The molecule has 0 fully saturated rings. The lowest BCUT2D eigenvalue weighted by atomic mass is 10.1. The van der Waals surface area contributed by atoms with E-state index >= 15 is 0 Å². The van der Waals surface area contributed by atoms with Crippen LogP contribution in [0.25, 0.3) is 0 Å². The Morgan fingerprint density at radius 2 is 2.13 bits per heavy atom. The van der Waals surface area contributed by atoms with Gasteiger partial charge in [-0.2, -0.15) is 0 Å². The molecule has 0 N–H and O–H groups in total. The van der Waals surface area contributed by atoms with Gasteiger partial charge in [0.1, 0.15) is 0 Å². The summed E-state index contributed by atoms with van der Waals surface area (Å²) in [6.07, 6.45) is 2.23. The molecule has 0 spiro atoms. The summed E-state index contributed by atoms with van der Waals surface area (Å²) in [5, 5.41) is 0. The van der Waals surface area contributed by atoms with Gasteiger partial charge in [0, 0.05) is 10.9 Å². The minimum Gasteiger partial charge on any atom is -0.466 e. The predicted octanol–water partition coefficient (Wildman–Crippen LogP) is 3.33. The molecule has 3 heteroatoms. The van der Waals surface area contributed by atoms with Gasteiger partial charge >= 0.3 is 5.97 Å². The molecule has 0 aliphatic carbocycles. The number of hydrogen-bond acceptors (Lipinski definition) is 2. The summed E-state index contributed by atoms with van der Waals surface area (Å²) in [6, 6.07) is 8.07. The third kappa shape index (κ3) is 4.47. The van der Waals surface area contributed by atoms with Crippen LogP contribution < -0.4 is 0 Å². The van der Waals surface area contributed by atoms with E-state index in [1.54, 1.807) is 0 Å². The highest BCUT2D eigenvalue weighted by Gasteiger charge is 2.03. The fourth-order valence-electron chi connectivity index (χ4n) is 1.36. The van der Waals surface area contributed by atoms with E-state index in [2.05, 4.69) is 22.0 Å². The highest BCUT2D eigenvalue weighted by Crippen LogP contribution is 2.17. The molecule has 1 aromatic rings. The molecule has 0 bridgehead atoms. The van der Waals surface area contributed by atoms with Gasteiger partial charge in [0.15, 0.2) is 0 Å². The van der Waals surface area contributed by atoms with Crippen LogP contribution in [0.5, 0.6) is 0 Å². The molecule has 0 radical (unpaired) electrons. The fraction of sp³-hybridized carbons (Fsp3) is 0.417. The van der Waals surface area contributed by atoms with E-state index in [1.807, 2.05) is 25.1 Å². The zero-order chi connectivity index (χ0) is 11.1. The van der Waals surface area contributed by atoms with Crippen molar-refractivity contribution in [1.29, 1.82) is 0 Å². The molecule has 0 aliphatic rings. The minimum atomic E-state index is -0.107. The lowest BCUT2D eigenvalue weighted by molar-refractivity contribution is -0.143. The highest BCUT2D eigenvalue weighted by molar-refractivity contribution is 9.10. The first-order valence-electron chi connectivity index (χ1n) is 5.13. The largest absolute Gasteiger partial charge is 0.466 e. The standard InChI is InChI=1S/C12H15BrO2/c1-2-15-12(14)9-5-7-10-6-3-4-8-11(10)13/h3-4,6,8H,2,5,7,9H2,1H3. The van der Waals surface area contributed by atoms with E-state index in [0.29, 0.717) is 13.0 Å². The van der Waals surface area contributed by atoms with Gasteiger partial charge in [0.2, 0.25) is 0 Å². The maximum absolute atomic E-state index is 11.1. The zero-order valence-electron chi connectivity index (χ0n) is 8.83. The Kier molecular flexibility index (Phi) is 5.40. The van der Waals surface area contributed by atoms with Gasteiger partial charge in [-0.25, -0.2) is 0 Å². The van der Waals surface area contributed by atoms with Gasteiger partial charge < -0.3 is 4.74 Å². The maximum Gasteiger partial charge on any atom is 0.305 e. The fourth-order valence-corrected chi connectivity index (χ4v) is 1.84. The SMILES string of the molecule is CCOC(=O)CCCc1ccccc1Br. The quantitative estimate of drug-likeness (QED) is 0.768. The Balaban J connectivity index is 2.32. The van der Waals surface area contributed by atoms with E-state index < -0.39 is 0 Å². The minimum absolute atomic E-state index is 0.107. The maximum atomic E-state index is 11.1. The average Bonchev–Trinajstić information content (AvgIpc) is 2.21. The van der Waals surface area contributed by atoms with Crippen molar-refractivity contribution >= 4 is 21.9 Å². The van der Waals surface area contributed by atoms with Crippen molar-refractivity contribution in [3.63, 3.8) is 0 Å². The molecular formula is C12H15BrO2. The predicted molar refractivity (Wildman–Crippen MR) is 63.7 cm³/mol. The average molecular weight is 271 g/mol. The lowest BCUT2D eigenvalue weighted by Gasteiger charge is -2.04. The summed E-state index contributed by atoms with van der Waals surface area (Å²) < 4.78 is 5.96. The van der Waals surface area contributed by atoms with Gasteiger partial charge in [-0.05, 0) is 31.4 Å². The molecule has 15 heavy (non-hydrogen) atoms. The molecule has 0 heterocycles. The van der Waals surface area contributed by atoms with Crippen LogP contribution in [0.4, 0.5) is 0 Å². The zero-order valence-corrected chi connectivity index (χ0v) is 10.4. The van der Waals surface area contributed by atoms with Crippen molar-refractivity contribution in [2.75, 3.05) is 6.61 Å². The first kappa shape index (κ1) is 12.2. The van der Waals surface area contributed by atoms with E-state index in [4.69, 9.17) is 4.74 Å². The van der Waals surface area contributed by atoms with E-state index in [0.717, 1.165) is 17.3 Å². The monoisotopic (exact) mass is 270 g/mol. The number of carbonyl (C=O) groups is 1. The first-order valence-corrected chi connectivity index (χ1v) is 5.92. The molecule has 1 rings (SSSR count). The van der Waals surface area contributed by atoms with Crippen LogP contribution in [0.15, 0.2) is 28.7 Å². The Morgan fingerprint density at radius 1 is 1.40 bits per heavy atom. The second kappa shape index (κ2) is 6.62. The molecule has 0 saturated heterocycles. The van der Waals surface area contributed by atoms with E-state index in [-0.39, 0.29) is 5.97 Å². The van der Waals surface area contributed by atoms with Crippen molar-refractivity contribution in [2.24, 2.45) is 0 Å². The van der Waals surface area contributed by atoms with E-state index in [1.165, 1.54) is 5.56 Å². The molecule has 82 valence electrons. The summed E-state index contributed by atoms with van der Waals surface area (Å²) in [5.41, 5.74) is 1.24. The molecule has 0 unspecified atom stereocenters. The van der Waals surface area contributed by atoms with Crippen molar-refractivity contribution in [3.05, 3.63) is 34.3 Å². The van der Waals surface area contributed by atoms with Gasteiger partial charge in [0.05, 0.1) is 6.61 Å². The first-order chi connectivity index (χ1) is 7.24. The summed E-state index contributed by atoms with van der Waals surface area (Å²) in [7, 11) is 0. The van der Waals surface area contributed by atoms with E-state index in [9.17, 15) is 4.79 Å². The van der Waals surface area contributed by atoms with Crippen molar-refractivity contribution in [1.82, 2.24) is 0 Å². The van der Waals surface area contributed by atoms with Crippen molar-refractivity contribution in [3.8, 4) is 0 Å². The second-order valence-corrected chi connectivity index (χ2v) is 4.10. The molecule has 0 aromatic heterocycles. The molecule has 1 aromatic carbocycles. The summed E-state index contributed by atoms with van der Waals surface area (Å²) in [4.78, 5) is 11.1. The molecule has 2 nitrogen and oxygen atoms in total. The Labute approximate surface area is 98.8 Å². The van der Waals surface area contributed by atoms with Crippen LogP contribution in [-0.4, -0.2) is 12.6 Å². The van der Waals surface area contributed by atoms with Gasteiger partial charge in [-0.15, -0.1) is 0 Å². The molecular weight excluding hydrogens is 256 g/mol. The number of esters is 1. The molecule has 0 amide bonds. The number of carbonyl (C=O) groups excluding carboxylic acids is 1. The third-order valence-corrected chi connectivity index (χ3v) is 2.86. The Bertz CT molecular complexity index is 323. The van der Waals surface area contributed by atoms with Crippen molar-refractivity contribution < 1.29 is 9.53 Å². The molecule has 0 saturated carbocycles. The van der Waals surface area contributed by atoms with Crippen molar-refractivity contribution in [2.45, 2.75) is 26.2 Å². The van der Waals surface area contributed by atoms with Crippen LogP contribution in [0.1, 0.15) is 25.3 Å². The number of hydrogen-bond donors (Lipinski definition) is 0. The topological polar surface area (TPSA) is 26.3 Å². The van der Waals surface area contributed by atoms with Gasteiger partial charge in [0.25, 0.3) is 0 Å². The molecule has 0 atom stereocenters. The smallest absolute Gasteiger partial charge is 0.305 e. The summed E-state index contributed by atoms with van der Waals surface area (Å²) >= 11 is 3.48. The van der Waals surface area contributed by atoms with Crippen LogP contribution >= 0.6 is 15.9 Å². The summed E-state index contributed by atoms with van der Waals surface area (Å²) in [5.74, 6) is -0.107. The molecule has 0 aliphatic heterocycles. The highest BCUT2D eigenvalue weighted by atomic mass is 79.9. The number of halogens is 1. The third-order valence-electron chi connectivity index (χ3n) is 2.09. The number of aryl methyl sites for hydroxylation is 1. The van der Waals surface area contributed by atoms with Gasteiger partial charge in [-0.1, -0.05) is 34.1 Å². The number of benzene rings is 1. The van der Waals surface area contributed by atoms with Crippen LogP contribution in [0, 0.1) is 0 Å². The Hall–Kier alpha value is -0.830. The lowest BCUT2D eigenvalue weighted by Crippen LogP contribution is -2.04. The second-order valence-electron chi connectivity index (χ2n) is 3.25. The number of ether oxygens (including phenoxy) is 1. The summed E-state index contributed by atoms with van der Waals surface area (Å²) in [6.45, 7) is 2.29. The van der Waals surface area contributed by atoms with Crippen LogP contribution in [0.2, 0.25) is 0 Å². The van der Waals surface area contributed by atoms with Crippen LogP contribution in [0.3, 0.4) is 0 Å².